The van der Waals surface area contributed by atoms with Gasteiger partial charge in [0.05, 0.1) is 0 Å². The quantitative estimate of drug-likeness (QED) is 0.760. The van der Waals surface area contributed by atoms with Gasteiger partial charge in [-0.25, -0.2) is 9.59 Å². The zero-order valence-corrected chi connectivity index (χ0v) is 17.0. The summed E-state index contributed by atoms with van der Waals surface area (Å²) in [5.41, 5.74) is -1.87. The molecule has 7 heteroatoms. The molecule has 1 heterocycles. The van der Waals surface area contributed by atoms with E-state index < -0.39 is 29.2 Å². The van der Waals surface area contributed by atoms with E-state index in [1.807, 2.05) is 0 Å². The van der Waals surface area contributed by atoms with Crippen molar-refractivity contribution < 1.29 is 24.2 Å². The van der Waals surface area contributed by atoms with E-state index in [9.17, 15) is 19.5 Å². The van der Waals surface area contributed by atoms with Crippen LogP contribution in [0.1, 0.15) is 79.1 Å². The predicted octanol–water partition coefficient (Wildman–Crippen LogP) is 3.32. The number of aliphatic carboxylic acids is 1. The number of carbonyl (C=O) groups is 3. The smallest absolute Gasteiger partial charge is 0.408 e. The standard InChI is InChI=1S/C20H34N2O5/c1-19(2,3)27-18(26)21-15(13-14-9-6-5-7-10-14)16(23)22-12-8-11-20(22,4)17(24)25/h14-15H,5-13H2,1-4H3,(H,21,26)(H,24,25)/t15-,20+/m1/s1. The van der Waals surface area contributed by atoms with Gasteiger partial charge in [0.2, 0.25) is 5.91 Å². The van der Waals surface area contributed by atoms with Crippen molar-refractivity contribution in [2.45, 2.75) is 96.2 Å². The van der Waals surface area contributed by atoms with Gasteiger partial charge in [0.25, 0.3) is 0 Å². The normalized spacial score (nSPS) is 25.1. The Hall–Kier alpha value is -1.79. The molecule has 0 unspecified atom stereocenters. The number of ether oxygens (including phenoxy) is 1. The molecule has 1 saturated carbocycles. The number of amides is 2. The van der Waals surface area contributed by atoms with Gasteiger partial charge >= 0.3 is 12.1 Å². The van der Waals surface area contributed by atoms with Crippen LogP contribution < -0.4 is 5.32 Å². The van der Waals surface area contributed by atoms with Crippen LogP contribution in [0.4, 0.5) is 4.79 Å². The summed E-state index contributed by atoms with van der Waals surface area (Å²) in [5.74, 6) is -0.947. The molecule has 0 bridgehead atoms. The van der Waals surface area contributed by atoms with E-state index in [1.165, 1.54) is 11.3 Å². The summed E-state index contributed by atoms with van der Waals surface area (Å²) < 4.78 is 5.33. The van der Waals surface area contributed by atoms with E-state index in [1.54, 1.807) is 27.7 Å². The van der Waals surface area contributed by atoms with Crippen molar-refractivity contribution in [2.75, 3.05) is 6.54 Å². The molecular formula is C20H34N2O5. The van der Waals surface area contributed by atoms with Crippen molar-refractivity contribution in [3.05, 3.63) is 0 Å². The fourth-order valence-electron chi connectivity index (χ4n) is 4.15. The number of likely N-dealkylation sites (tertiary alicyclic amines) is 1. The van der Waals surface area contributed by atoms with Gasteiger partial charge < -0.3 is 20.1 Å². The molecule has 2 fully saturated rings. The molecule has 1 aliphatic carbocycles. The molecule has 0 radical (unpaired) electrons. The lowest BCUT2D eigenvalue weighted by Crippen LogP contribution is -2.57. The first-order valence-electron chi connectivity index (χ1n) is 10.1. The van der Waals surface area contributed by atoms with E-state index >= 15 is 0 Å². The number of nitrogens with zero attached hydrogens (tertiary/aromatic N) is 1. The van der Waals surface area contributed by atoms with Crippen LogP contribution in [0, 0.1) is 5.92 Å². The molecule has 2 N–H and O–H groups in total. The average molecular weight is 383 g/mol. The molecule has 2 rings (SSSR count). The van der Waals surface area contributed by atoms with E-state index in [4.69, 9.17) is 4.74 Å². The van der Waals surface area contributed by atoms with Gasteiger partial charge in [0.1, 0.15) is 17.2 Å². The topological polar surface area (TPSA) is 95.9 Å². The minimum absolute atomic E-state index is 0.311. The lowest BCUT2D eigenvalue weighted by atomic mass is 9.84. The van der Waals surface area contributed by atoms with Gasteiger partial charge in [-0.3, -0.25) is 4.79 Å². The molecule has 0 spiro atoms. The Bertz CT molecular complexity index is 565. The Labute approximate surface area is 161 Å². The van der Waals surface area contributed by atoms with Crippen LogP contribution in [0.15, 0.2) is 0 Å². The van der Waals surface area contributed by atoms with E-state index in [0.29, 0.717) is 31.7 Å². The molecule has 1 aliphatic heterocycles. The maximum absolute atomic E-state index is 13.2. The third kappa shape index (κ3) is 5.59. The van der Waals surface area contributed by atoms with E-state index in [0.717, 1.165) is 25.7 Å². The third-order valence-electron chi connectivity index (χ3n) is 5.65. The third-order valence-corrected chi connectivity index (χ3v) is 5.65. The summed E-state index contributed by atoms with van der Waals surface area (Å²) in [5, 5.41) is 12.4. The van der Waals surface area contributed by atoms with Crippen molar-refractivity contribution in [1.82, 2.24) is 10.2 Å². The van der Waals surface area contributed by atoms with Crippen LogP contribution in [0.2, 0.25) is 0 Å². The van der Waals surface area contributed by atoms with Gasteiger partial charge in [-0.05, 0) is 52.9 Å². The highest BCUT2D eigenvalue weighted by Gasteiger charge is 2.48. The molecular weight excluding hydrogens is 348 g/mol. The van der Waals surface area contributed by atoms with Crippen LogP contribution in [0.5, 0.6) is 0 Å². The van der Waals surface area contributed by atoms with Crippen molar-refractivity contribution in [3.8, 4) is 0 Å². The summed E-state index contributed by atoms with van der Waals surface area (Å²) in [4.78, 5) is 38.7. The van der Waals surface area contributed by atoms with Gasteiger partial charge in [0, 0.05) is 6.54 Å². The van der Waals surface area contributed by atoms with Crippen molar-refractivity contribution in [2.24, 2.45) is 5.92 Å². The van der Waals surface area contributed by atoms with Crippen LogP contribution >= 0.6 is 0 Å². The average Bonchev–Trinajstić information content (AvgIpc) is 2.96. The molecule has 0 aromatic carbocycles. The molecule has 2 amide bonds. The summed E-state index contributed by atoms with van der Waals surface area (Å²) in [6.45, 7) is 7.30. The highest BCUT2D eigenvalue weighted by molar-refractivity contribution is 5.91. The maximum Gasteiger partial charge on any atom is 0.408 e. The molecule has 27 heavy (non-hydrogen) atoms. The Morgan fingerprint density at radius 3 is 2.37 bits per heavy atom. The molecule has 1 saturated heterocycles. The van der Waals surface area contributed by atoms with Gasteiger partial charge in [0.15, 0.2) is 0 Å². The second-order valence-corrected chi connectivity index (χ2v) is 9.11. The largest absolute Gasteiger partial charge is 0.480 e. The molecule has 2 aliphatic rings. The molecule has 2 atom stereocenters. The number of hydrogen-bond donors (Lipinski definition) is 2. The lowest BCUT2D eigenvalue weighted by Gasteiger charge is -2.35. The minimum Gasteiger partial charge on any atom is -0.480 e. The van der Waals surface area contributed by atoms with Crippen LogP contribution in [0.25, 0.3) is 0 Å². The van der Waals surface area contributed by atoms with Gasteiger partial charge in [-0.15, -0.1) is 0 Å². The van der Waals surface area contributed by atoms with Crippen molar-refractivity contribution in [3.63, 3.8) is 0 Å². The van der Waals surface area contributed by atoms with Crippen LogP contribution in [-0.2, 0) is 14.3 Å². The Balaban J connectivity index is 2.15. The lowest BCUT2D eigenvalue weighted by molar-refractivity contribution is -0.156. The molecule has 0 aromatic rings. The Morgan fingerprint density at radius 2 is 1.81 bits per heavy atom. The molecule has 7 nitrogen and oxygen atoms in total. The Morgan fingerprint density at radius 1 is 1.19 bits per heavy atom. The number of carbonyl (C=O) groups excluding carboxylic acids is 2. The second-order valence-electron chi connectivity index (χ2n) is 9.11. The van der Waals surface area contributed by atoms with E-state index in [2.05, 4.69) is 5.32 Å². The van der Waals surface area contributed by atoms with Crippen molar-refractivity contribution in [1.29, 1.82) is 0 Å². The number of hydrogen-bond acceptors (Lipinski definition) is 4. The highest BCUT2D eigenvalue weighted by atomic mass is 16.6. The number of rotatable bonds is 5. The summed E-state index contributed by atoms with van der Waals surface area (Å²) in [7, 11) is 0. The summed E-state index contributed by atoms with van der Waals surface area (Å²) >= 11 is 0. The fraction of sp³-hybridized carbons (Fsp3) is 0.850. The van der Waals surface area contributed by atoms with E-state index in [-0.39, 0.29) is 5.91 Å². The predicted molar refractivity (Wildman–Crippen MR) is 101 cm³/mol. The zero-order valence-electron chi connectivity index (χ0n) is 17.0. The van der Waals surface area contributed by atoms with Crippen molar-refractivity contribution >= 4 is 18.0 Å². The van der Waals surface area contributed by atoms with Gasteiger partial charge in [-0.2, -0.15) is 0 Å². The SMILES string of the molecule is CC(C)(C)OC(=O)N[C@H](CC1CCCCC1)C(=O)N1CCC[C@@]1(C)C(=O)O. The second kappa shape index (κ2) is 8.48. The monoisotopic (exact) mass is 382 g/mol. The number of alkyl carbamates (subject to hydrolysis) is 1. The first-order valence-corrected chi connectivity index (χ1v) is 10.1. The van der Waals surface area contributed by atoms with Crippen LogP contribution in [0.3, 0.4) is 0 Å². The van der Waals surface area contributed by atoms with Gasteiger partial charge in [-0.1, -0.05) is 32.1 Å². The number of carboxylic acids is 1. The number of nitrogens with one attached hydrogen (secondary N) is 1. The highest BCUT2D eigenvalue weighted by Crippen LogP contribution is 2.32. The fourth-order valence-corrected chi connectivity index (χ4v) is 4.15. The Kier molecular flexibility index (Phi) is 6.76. The zero-order chi connectivity index (χ0) is 20.2. The summed E-state index contributed by atoms with van der Waals surface area (Å²) in [6.07, 6.45) is 6.53. The first kappa shape index (κ1) is 21.5. The molecule has 154 valence electrons. The maximum atomic E-state index is 13.2. The first-order chi connectivity index (χ1) is 12.5. The minimum atomic E-state index is -1.21. The number of carboxylic acid groups (broad SMARTS) is 1. The van der Waals surface area contributed by atoms with Crippen LogP contribution in [-0.4, -0.2) is 51.7 Å². The summed E-state index contributed by atoms with van der Waals surface area (Å²) in [6, 6.07) is -0.750. The molecule has 0 aromatic heterocycles.